The van der Waals surface area contributed by atoms with Crippen molar-refractivity contribution in [1.29, 1.82) is 0 Å². The summed E-state index contributed by atoms with van der Waals surface area (Å²) < 4.78 is 5.27. The van der Waals surface area contributed by atoms with Gasteiger partial charge >= 0.3 is 0 Å². The Kier molecular flexibility index (Phi) is 7.11. The maximum Gasteiger partial charge on any atom is 0.227 e. The maximum atomic E-state index is 13.2. The molecule has 5 rings (SSSR count). The van der Waals surface area contributed by atoms with Crippen molar-refractivity contribution in [3.8, 4) is 16.9 Å². The van der Waals surface area contributed by atoms with E-state index in [-0.39, 0.29) is 30.5 Å². The van der Waals surface area contributed by atoms with Crippen LogP contribution in [0.15, 0.2) is 73.1 Å². The second-order valence-electron chi connectivity index (χ2n) is 9.51. The largest absolute Gasteiger partial charge is 0.497 e. The highest BCUT2D eigenvalue weighted by molar-refractivity contribution is 5.78. The number of carbonyl (C=O) groups is 1. The van der Waals surface area contributed by atoms with Crippen LogP contribution in [-0.4, -0.2) is 71.2 Å². The Labute approximate surface area is 207 Å². The third-order valence-electron chi connectivity index (χ3n) is 7.55. The number of methoxy groups -OCH3 is 1. The molecule has 6 heteroatoms. The molecule has 0 unspecified atom stereocenters. The van der Waals surface area contributed by atoms with E-state index in [9.17, 15) is 9.90 Å². The van der Waals surface area contributed by atoms with E-state index in [0.717, 1.165) is 48.4 Å². The fraction of sp³-hybridized carbons (Fsp3) is 0.379. The van der Waals surface area contributed by atoms with Gasteiger partial charge < -0.3 is 14.7 Å². The van der Waals surface area contributed by atoms with Gasteiger partial charge in [0.2, 0.25) is 5.91 Å². The van der Waals surface area contributed by atoms with Crippen molar-refractivity contribution in [2.75, 3.05) is 33.4 Å². The number of benzene rings is 2. The summed E-state index contributed by atoms with van der Waals surface area (Å²) in [5.74, 6) is 1.22. The molecular formula is C29H33N3O3. The van der Waals surface area contributed by atoms with Crippen LogP contribution in [0.2, 0.25) is 0 Å². The normalized spacial score (nSPS) is 22.5. The van der Waals surface area contributed by atoms with Gasteiger partial charge in [-0.15, -0.1) is 0 Å². The van der Waals surface area contributed by atoms with Crippen LogP contribution >= 0.6 is 0 Å². The van der Waals surface area contributed by atoms with E-state index < -0.39 is 0 Å². The second-order valence-corrected chi connectivity index (χ2v) is 9.51. The van der Waals surface area contributed by atoms with E-state index in [1.807, 2.05) is 29.2 Å². The van der Waals surface area contributed by atoms with Gasteiger partial charge in [0, 0.05) is 43.5 Å². The minimum Gasteiger partial charge on any atom is -0.497 e. The summed E-state index contributed by atoms with van der Waals surface area (Å²) in [4.78, 5) is 21.7. The Hall–Kier alpha value is -3.22. The summed E-state index contributed by atoms with van der Waals surface area (Å²) in [6, 6.07) is 20.9. The molecule has 2 aliphatic heterocycles. The highest BCUT2D eigenvalue weighted by Crippen LogP contribution is 2.42. The fourth-order valence-corrected chi connectivity index (χ4v) is 5.64. The summed E-state index contributed by atoms with van der Waals surface area (Å²) in [7, 11) is 1.67. The van der Waals surface area contributed by atoms with Gasteiger partial charge in [-0.25, -0.2) is 0 Å². The van der Waals surface area contributed by atoms with Crippen LogP contribution in [0, 0.1) is 0 Å². The predicted octanol–water partition coefficient (Wildman–Crippen LogP) is 3.75. The predicted molar refractivity (Wildman–Crippen MR) is 136 cm³/mol. The van der Waals surface area contributed by atoms with Crippen LogP contribution in [0.25, 0.3) is 11.1 Å². The zero-order valence-electron chi connectivity index (χ0n) is 20.2. The van der Waals surface area contributed by atoms with E-state index in [1.54, 1.807) is 19.5 Å². The summed E-state index contributed by atoms with van der Waals surface area (Å²) in [5.41, 5.74) is 4.52. The SMILES string of the molecule is COc1ccc(-c2ccc([C@H]3[C@@H](CO)N4CCCCN(C(=O)Cc5ccncc5)C[C@H]34)cc2)cc1. The van der Waals surface area contributed by atoms with E-state index in [4.69, 9.17) is 4.74 Å². The molecular weight excluding hydrogens is 438 g/mol. The van der Waals surface area contributed by atoms with Crippen LogP contribution < -0.4 is 4.74 Å². The smallest absolute Gasteiger partial charge is 0.227 e. The maximum absolute atomic E-state index is 13.2. The van der Waals surface area contributed by atoms with Crippen LogP contribution in [0.4, 0.5) is 0 Å². The molecule has 3 aromatic rings. The number of fused-ring (bicyclic) bond motifs is 1. The first-order chi connectivity index (χ1) is 17.2. The monoisotopic (exact) mass is 471 g/mol. The molecule has 2 fully saturated rings. The van der Waals surface area contributed by atoms with Crippen molar-refractivity contribution in [1.82, 2.24) is 14.8 Å². The molecule has 2 aliphatic rings. The molecule has 2 saturated heterocycles. The van der Waals surface area contributed by atoms with E-state index in [0.29, 0.717) is 13.0 Å². The number of carbonyl (C=O) groups excluding carboxylic acids is 1. The summed E-state index contributed by atoms with van der Waals surface area (Å²) >= 11 is 0. The van der Waals surface area contributed by atoms with Crippen molar-refractivity contribution in [2.45, 2.75) is 37.3 Å². The van der Waals surface area contributed by atoms with Crippen molar-refractivity contribution in [3.05, 3.63) is 84.2 Å². The molecule has 0 aliphatic carbocycles. The van der Waals surface area contributed by atoms with Gasteiger partial charge in [0.1, 0.15) is 5.75 Å². The van der Waals surface area contributed by atoms with Crippen molar-refractivity contribution in [2.24, 2.45) is 0 Å². The molecule has 35 heavy (non-hydrogen) atoms. The number of hydrogen-bond donors (Lipinski definition) is 1. The average Bonchev–Trinajstić information content (AvgIpc) is 2.89. The summed E-state index contributed by atoms with van der Waals surface area (Å²) in [6.07, 6.45) is 5.90. The van der Waals surface area contributed by atoms with E-state index >= 15 is 0 Å². The number of ether oxygens (including phenoxy) is 1. The van der Waals surface area contributed by atoms with Crippen LogP contribution in [-0.2, 0) is 11.2 Å². The Morgan fingerprint density at radius 3 is 2.29 bits per heavy atom. The van der Waals surface area contributed by atoms with Crippen LogP contribution in [0.3, 0.4) is 0 Å². The fourth-order valence-electron chi connectivity index (χ4n) is 5.64. The van der Waals surface area contributed by atoms with Gasteiger partial charge in [-0.3, -0.25) is 14.7 Å². The number of nitrogens with zero attached hydrogens (tertiary/aromatic N) is 3. The lowest BCUT2D eigenvalue weighted by molar-refractivity contribution is -0.135. The quantitative estimate of drug-likeness (QED) is 0.593. The molecule has 1 amide bonds. The first-order valence-corrected chi connectivity index (χ1v) is 12.5. The molecule has 6 nitrogen and oxygen atoms in total. The Morgan fingerprint density at radius 1 is 0.971 bits per heavy atom. The van der Waals surface area contributed by atoms with Gasteiger partial charge in [-0.1, -0.05) is 36.4 Å². The first kappa shape index (κ1) is 23.5. The molecule has 0 radical (unpaired) electrons. The highest BCUT2D eigenvalue weighted by Gasteiger charge is 2.49. The van der Waals surface area contributed by atoms with Gasteiger partial charge in [-0.05, 0) is 65.9 Å². The third kappa shape index (κ3) is 4.95. The Balaban J connectivity index is 1.33. The number of amides is 1. The molecule has 3 heterocycles. The lowest BCUT2D eigenvalue weighted by atomic mass is 9.74. The first-order valence-electron chi connectivity index (χ1n) is 12.5. The van der Waals surface area contributed by atoms with Crippen molar-refractivity contribution < 1.29 is 14.6 Å². The minimum absolute atomic E-state index is 0.0992. The number of aromatic nitrogens is 1. The molecule has 0 spiro atoms. The topological polar surface area (TPSA) is 65.9 Å². The van der Waals surface area contributed by atoms with E-state index in [2.05, 4.69) is 46.3 Å². The molecule has 2 aromatic carbocycles. The number of aliphatic hydroxyl groups is 1. The molecule has 3 atom stereocenters. The van der Waals surface area contributed by atoms with Crippen LogP contribution in [0.1, 0.15) is 29.9 Å². The molecule has 0 bridgehead atoms. The Bertz CT molecular complexity index is 1120. The third-order valence-corrected chi connectivity index (χ3v) is 7.55. The summed E-state index contributed by atoms with van der Waals surface area (Å²) in [6.45, 7) is 2.60. The zero-order chi connectivity index (χ0) is 24.2. The van der Waals surface area contributed by atoms with Gasteiger partial charge in [0.05, 0.1) is 20.1 Å². The zero-order valence-corrected chi connectivity index (χ0v) is 20.2. The minimum atomic E-state index is 0.0992. The van der Waals surface area contributed by atoms with Gasteiger partial charge in [-0.2, -0.15) is 0 Å². The number of rotatable bonds is 6. The standard InChI is InChI=1S/C29H33N3O3/c1-35-25-10-8-23(9-11-25)22-4-6-24(7-5-22)29-26-19-31(16-2-3-17-32(26)27(29)20-33)28(34)18-21-12-14-30-15-13-21/h4-15,26-27,29,33H,2-3,16-20H2,1H3/t26-,27-,29-/m1/s1. The highest BCUT2D eigenvalue weighted by atomic mass is 16.5. The lowest BCUT2D eigenvalue weighted by Crippen LogP contribution is -2.68. The Morgan fingerprint density at radius 2 is 1.63 bits per heavy atom. The second kappa shape index (κ2) is 10.6. The summed E-state index contributed by atoms with van der Waals surface area (Å²) in [5, 5.41) is 10.2. The molecule has 182 valence electrons. The van der Waals surface area contributed by atoms with Gasteiger partial charge in [0.15, 0.2) is 0 Å². The van der Waals surface area contributed by atoms with Crippen molar-refractivity contribution >= 4 is 5.91 Å². The number of hydrogen-bond acceptors (Lipinski definition) is 5. The molecule has 1 N–H and O–H groups in total. The number of aliphatic hydroxyl groups excluding tert-OH is 1. The molecule has 0 saturated carbocycles. The lowest BCUT2D eigenvalue weighted by Gasteiger charge is -2.57. The molecule has 1 aromatic heterocycles. The van der Waals surface area contributed by atoms with Gasteiger partial charge in [0.25, 0.3) is 0 Å². The van der Waals surface area contributed by atoms with Crippen LogP contribution in [0.5, 0.6) is 5.75 Å². The number of pyridine rings is 1. The van der Waals surface area contributed by atoms with Crippen molar-refractivity contribution in [3.63, 3.8) is 0 Å². The van der Waals surface area contributed by atoms with E-state index in [1.165, 1.54) is 5.56 Å². The average molecular weight is 472 g/mol.